The van der Waals surface area contributed by atoms with E-state index >= 15 is 0 Å². The quantitative estimate of drug-likeness (QED) is 0.565. The van der Waals surface area contributed by atoms with Crippen molar-refractivity contribution in [3.63, 3.8) is 0 Å². The number of benzene rings is 1. The lowest BCUT2D eigenvalue weighted by atomic mass is 10.1. The molecule has 0 atom stereocenters. The van der Waals surface area contributed by atoms with Gasteiger partial charge in [-0.15, -0.1) is 11.8 Å². The first-order valence-corrected chi connectivity index (χ1v) is 7.63. The van der Waals surface area contributed by atoms with Crippen LogP contribution in [0.2, 0.25) is 0 Å². The Balaban J connectivity index is 2.80. The van der Waals surface area contributed by atoms with Gasteiger partial charge in [0.2, 0.25) is 0 Å². The maximum absolute atomic E-state index is 12.1. The van der Waals surface area contributed by atoms with Gasteiger partial charge in [0.1, 0.15) is 0 Å². The Morgan fingerprint density at radius 2 is 2.00 bits per heavy atom. The summed E-state index contributed by atoms with van der Waals surface area (Å²) in [5, 5.41) is 1.96. The van der Waals surface area contributed by atoms with Crippen LogP contribution in [0.25, 0.3) is 0 Å². The number of hydrogen-bond acceptors (Lipinski definition) is 3. The highest BCUT2D eigenvalue weighted by Gasteiger charge is 2.11. The van der Waals surface area contributed by atoms with Crippen LogP contribution in [0.5, 0.6) is 0 Å². The normalized spacial score (nSPS) is 11.5. The SMILES string of the molecule is CCSCC(=CSC)C(=O)c1ccccc1. The number of hydrogen-bond donors (Lipinski definition) is 0. The van der Waals surface area contributed by atoms with Crippen molar-refractivity contribution in [3.8, 4) is 0 Å². The van der Waals surface area contributed by atoms with E-state index in [1.807, 2.05) is 42.0 Å². The molecule has 0 aliphatic carbocycles. The maximum atomic E-state index is 12.1. The number of carbonyl (C=O) groups is 1. The number of ketones is 1. The lowest BCUT2D eigenvalue weighted by Gasteiger charge is -2.05. The topological polar surface area (TPSA) is 17.1 Å². The van der Waals surface area contributed by atoms with Crippen LogP contribution in [0.15, 0.2) is 41.3 Å². The molecule has 0 radical (unpaired) electrons. The number of Topliss-reactive ketones (excluding diaryl/α,β-unsaturated/α-hetero) is 1. The van der Waals surface area contributed by atoms with Gasteiger partial charge in [-0.3, -0.25) is 4.79 Å². The summed E-state index contributed by atoms with van der Waals surface area (Å²) in [5.41, 5.74) is 1.67. The van der Waals surface area contributed by atoms with Gasteiger partial charge < -0.3 is 0 Å². The van der Waals surface area contributed by atoms with Crippen molar-refractivity contribution in [3.05, 3.63) is 46.9 Å². The fraction of sp³-hybridized carbons (Fsp3) is 0.308. The molecule has 0 N–H and O–H groups in total. The molecule has 0 heterocycles. The molecule has 0 unspecified atom stereocenters. The largest absolute Gasteiger partial charge is 0.289 e. The first-order valence-electron chi connectivity index (χ1n) is 5.19. The minimum absolute atomic E-state index is 0.149. The molecular weight excluding hydrogens is 236 g/mol. The van der Waals surface area contributed by atoms with Crippen LogP contribution >= 0.6 is 23.5 Å². The van der Waals surface area contributed by atoms with Gasteiger partial charge in [0.25, 0.3) is 0 Å². The van der Waals surface area contributed by atoms with E-state index in [9.17, 15) is 4.79 Å². The van der Waals surface area contributed by atoms with Crippen LogP contribution in [0.3, 0.4) is 0 Å². The average molecular weight is 252 g/mol. The van der Waals surface area contributed by atoms with Gasteiger partial charge in [0.05, 0.1) is 0 Å². The van der Waals surface area contributed by atoms with Crippen LogP contribution in [-0.4, -0.2) is 23.5 Å². The standard InChI is InChI=1S/C13H16OS2/c1-3-16-10-12(9-15-2)13(14)11-7-5-4-6-8-11/h4-9H,3,10H2,1-2H3. The second-order valence-corrected chi connectivity index (χ2v) is 5.19. The summed E-state index contributed by atoms with van der Waals surface area (Å²) in [7, 11) is 0. The van der Waals surface area contributed by atoms with Crippen LogP contribution < -0.4 is 0 Å². The molecule has 1 aromatic carbocycles. The summed E-state index contributed by atoms with van der Waals surface area (Å²) < 4.78 is 0. The highest BCUT2D eigenvalue weighted by Crippen LogP contribution is 2.16. The average Bonchev–Trinajstić information content (AvgIpc) is 2.35. The van der Waals surface area contributed by atoms with E-state index in [2.05, 4.69) is 6.92 Å². The number of thioether (sulfide) groups is 2. The first kappa shape index (κ1) is 13.4. The Bertz CT molecular complexity index is 357. The van der Waals surface area contributed by atoms with E-state index in [-0.39, 0.29) is 5.78 Å². The lowest BCUT2D eigenvalue weighted by Crippen LogP contribution is -2.05. The van der Waals surface area contributed by atoms with E-state index < -0.39 is 0 Å². The Kier molecular flexibility index (Phi) is 6.34. The van der Waals surface area contributed by atoms with Crippen molar-refractivity contribution in [2.45, 2.75) is 6.92 Å². The molecule has 0 aromatic heterocycles. The second-order valence-electron chi connectivity index (χ2n) is 3.21. The van der Waals surface area contributed by atoms with E-state index in [4.69, 9.17) is 0 Å². The molecule has 1 rings (SSSR count). The minimum Gasteiger partial charge on any atom is -0.289 e. The smallest absolute Gasteiger partial charge is 0.190 e. The molecular formula is C13H16OS2. The lowest BCUT2D eigenvalue weighted by molar-refractivity contribution is 0.103. The molecule has 1 aromatic rings. The summed E-state index contributed by atoms with van der Waals surface area (Å²) in [5.74, 6) is 1.98. The van der Waals surface area contributed by atoms with Gasteiger partial charge in [-0.2, -0.15) is 11.8 Å². The predicted molar refractivity (Wildman–Crippen MR) is 75.4 cm³/mol. The molecule has 0 bridgehead atoms. The van der Waals surface area contributed by atoms with Crippen LogP contribution in [0.4, 0.5) is 0 Å². The van der Waals surface area contributed by atoms with Gasteiger partial charge in [0, 0.05) is 16.9 Å². The molecule has 3 heteroatoms. The second kappa shape index (κ2) is 7.58. The van der Waals surface area contributed by atoms with Crippen LogP contribution in [0.1, 0.15) is 17.3 Å². The molecule has 0 aliphatic heterocycles. The molecule has 0 amide bonds. The third-order valence-electron chi connectivity index (χ3n) is 2.05. The Labute approximate surface area is 106 Å². The van der Waals surface area contributed by atoms with Crippen LogP contribution in [0, 0.1) is 0 Å². The zero-order chi connectivity index (χ0) is 11.8. The monoisotopic (exact) mass is 252 g/mol. The fourth-order valence-electron chi connectivity index (χ4n) is 1.28. The van der Waals surface area contributed by atoms with Crippen molar-refractivity contribution < 1.29 is 4.79 Å². The van der Waals surface area contributed by atoms with Gasteiger partial charge in [-0.05, 0) is 17.4 Å². The summed E-state index contributed by atoms with van der Waals surface area (Å²) in [6, 6.07) is 9.46. The van der Waals surface area contributed by atoms with Gasteiger partial charge >= 0.3 is 0 Å². The fourth-order valence-corrected chi connectivity index (χ4v) is 2.50. The molecule has 86 valence electrons. The van der Waals surface area contributed by atoms with Gasteiger partial charge in [-0.1, -0.05) is 37.3 Å². The zero-order valence-corrected chi connectivity index (χ0v) is 11.2. The highest BCUT2D eigenvalue weighted by atomic mass is 32.2. The molecule has 16 heavy (non-hydrogen) atoms. The highest BCUT2D eigenvalue weighted by molar-refractivity contribution is 8.01. The maximum Gasteiger partial charge on any atom is 0.190 e. The van der Waals surface area contributed by atoms with Crippen molar-refractivity contribution in [1.82, 2.24) is 0 Å². The van der Waals surface area contributed by atoms with E-state index in [1.165, 1.54) is 0 Å². The predicted octanol–water partition coefficient (Wildman–Crippen LogP) is 3.87. The Morgan fingerprint density at radius 3 is 2.56 bits per heavy atom. The minimum atomic E-state index is 0.149. The van der Waals surface area contributed by atoms with E-state index in [1.54, 1.807) is 23.5 Å². The Hall–Kier alpha value is -0.670. The molecule has 0 fully saturated rings. The summed E-state index contributed by atoms with van der Waals surface area (Å²) >= 11 is 3.36. The molecule has 1 nitrogen and oxygen atoms in total. The van der Waals surface area contributed by atoms with Crippen molar-refractivity contribution in [1.29, 1.82) is 0 Å². The van der Waals surface area contributed by atoms with Crippen molar-refractivity contribution >= 4 is 29.3 Å². The van der Waals surface area contributed by atoms with E-state index in [0.29, 0.717) is 0 Å². The summed E-state index contributed by atoms with van der Waals surface area (Å²) in [6.45, 7) is 2.11. The molecule has 0 saturated carbocycles. The zero-order valence-electron chi connectivity index (χ0n) is 9.60. The summed E-state index contributed by atoms with van der Waals surface area (Å²) in [6.07, 6.45) is 1.98. The Morgan fingerprint density at radius 1 is 1.31 bits per heavy atom. The third-order valence-corrected chi connectivity index (χ3v) is 3.49. The van der Waals surface area contributed by atoms with Crippen LogP contribution in [-0.2, 0) is 0 Å². The first-order chi connectivity index (χ1) is 7.79. The molecule has 0 saturated heterocycles. The molecule has 0 aliphatic rings. The van der Waals surface area contributed by atoms with Gasteiger partial charge in [-0.25, -0.2) is 0 Å². The number of carbonyl (C=O) groups excluding carboxylic acids is 1. The summed E-state index contributed by atoms with van der Waals surface area (Å²) in [4.78, 5) is 12.1. The van der Waals surface area contributed by atoms with E-state index in [0.717, 1.165) is 22.6 Å². The van der Waals surface area contributed by atoms with Crippen molar-refractivity contribution in [2.24, 2.45) is 0 Å². The van der Waals surface area contributed by atoms with Crippen molar-refractivity contribution in [2.75, 3.05) is 17.8 Å². The van der Waals surface area contributed by atoms with Gasteiger partial charge in [0.15, 0.2) is 5.78 Å². The molecule has 0 spiro atoms. The third kappa shape index (κ3) is 4.06. The number of rotatable bonds is 6.